The van der Waals surface area contributed by atoms with E-state index in [0.717, 1.165) is 6.07 Å². The van der Waals surface area contributed by atoms with Crippen LogP contribution in [0.25, 0.3) is 0 Å². The van der Waals surface area contributed by atoms with Crippen molar-refractivity contribution in [1.29, 1.82) is 0 Å². The number of hydrogen-bond donors (Lipinski definition) is 3. The van der Waals surface area contributed by atoms with Crippen molar-refractivity contribution in [2.75, 3.05) is 0 Å². The monoisotopic (exact) mass is 310 g/mol. The van der Waals surface area contributed by atoms with Crippen LogP contribution in [-0.4, -0.2) is 34.7 Å². The molecule has 0 bridgehead atoms. The molecule has 0 amide bonds. The van der Waals surface area contributed by atoms with Crippen LogP contribution in [0.3, 0.4) is 0 Å². The summed E-state index contributed by atoms with van der Waals surface area (Å²) in [7, 11) is -3.86. The van der Waals surface area contributed by atoms with Crippen LogP contribution in [-0.2, 0) is 10.0 Å². The molecule has 112 valence electrons. The third-order valence-corrected chi connectivity index (χ3v) is 4.46. The molecule has 2 aromatic rings. The van der Waals surface area contributed by atoms with Crippen molar-refractivity contribution in [3.05, 3.63) is 41.5 Å². The van der Waals surface area contributed by atoms with Crippen LogP contribution in [0.1, 0.15) is 34.7 Å². The van der Waals surface area contributed by atoms with E-state index >= 15 is 0 Å². The molecule has 0 aliphatic rings. The van der Waals surface area contributed by atoms with E-state index in [1.54, 1.807) is 13.8 Å². The number of H-pyrrole nitrogens is 1. The summed E-state index contributed by atoms with van der Waals surface area (Å²) in [5, 5.41) is 15.3. The Hall–Kier alpha value is -2.26. The first-order valence-corrected chi connectivity index (χ1v) is 7.51. The minimum absolute atomic E-state index is 0.0507. The second kappa shape index (κ2) is 5.62. The fourth-order valence-electron chi connectivity index (χ4n) is 1.78. The van der Waals surface area contributed by atoms with E-state index in [0.29, 0.717) is 11.4 Å². The molecule has 9 heteroatoms. The molecule has 0 saturated heterocycles. The zero-order valence-electron chi connectivity index (χ0n) is 11.4. The lowest BCUT2D eigenvalue weighted by atomic mass is 10.1. The smallest absolute Gasteiger partial charge is 0.335 e. The number of aromatic carboxylic acids is 1. The Labute approximate surface area is 121 Å². The van der Waals surface area contributed by atoms with Gasteiger partial charge in [0.2, 0.25) is 10.0 Å². The third-order valence-electron chi connectivity index (χ3n) is 2.93. The average Bonchev–Trinajstić information content (AvgIpc) is 2.92. The Balaban J connectivity index is 2.32. The minimum Gasteiger partial charge on any atom is -0.478 e. The van der Waals surface area contributed by atoms with E-state index < -0.39 is 22.0 Å². The fourth-order valence-corrected chi connectivity index (χ4v) is 3.01. The lowest BCUT2D eigenvalue weighted by Crippen LogP contribution is -2.27. The van der Waals surface area contributed by atoms with Gasteiger partial charge in [-0.3, -0.25) is 5.10 Å². The molecule has 0 spiro atoms. The van der Waals surface area contributed by atoms with Gasteiger partial charge in [-0.1, -0.05) is 6.07 Å². The molecule has 1 heterocycles. The maximum atomic E-state index is 12.3. The van der Waals surface area contributed by atoms with Gasteiger partial charge in [-0.05, 0) is 31.5 Å². The highest BCUT2D eigenvalue weighted by atomic mass is 32.2. The van der Waals surface area contributed by atoms with E-state index in [1.165, 1.54) is 18.5 Å². The molecule has 21 heavy (non-hydrogen) atoms. The molecule has 0 aliphatic heterocycles. The van der Waals surface area contributed by atoms with Gasteiger partial charge in [-0.15, -0.1) is 0 Å². The van der Waals surface area contributed by atoms with Gasteiger partial charge in [0.1, 0.15) is 12.2 Å². The van der Waals surface area contributed by atoms with Gasteiger partial charge in [0.15, 0.2) is 0 Å². The van der Waals surface area contributed by atoms with Gasteiger partial charge in [0.25, 0.3) is 0 Å². The molecule has 0 saturated carbocycles. The van der Waals surface area contributed by atoms with Gasteiger partial charge >= 0.3 is 5.97 Å². The number of sulfonamides is 1. The van der Waals surface area contributed by atoms with Crippen LogP contribution >= 0.6 is 0 Å². The van der Waals surface area contributed by atoms with Crippen molar-refractivity contribution < 1.29 is 18.3 Å². The number of aromatic nitrogens is 3. The van der Waals surface area contributed by atoms with Gasteiger partial charge in [0.05, 0.1) is 16.5 Å². The molecule has 8 nitrogen and oxygen atoms in total. The van der Waals surface area contributed by atoms with Crippen molar-refractivity contribution in [3.63, 3.8) is 0 Å². The molecule has 3 N–H and O–H groups in total. The van der Waals surface area contributed by atoms with Crippen molar-refractivity contribution in [3.8, 4) is 0 Å². The van der Waals surface area contributed by atoms with E-state index in [2.05, 4.69) is 19.9 Å². The minimum atomic E-state index is -3.86. The Kier molecular flexibility index (Phi) is 4.05. The molecule has 1 aromatic carbocycles. The highest BCUT2D eigenvalue weighted by Crippen LogP contribution is 2.18. The maximum Gasteiger partial charge on any atom is 0.335 e. The van der Waals surface area contributed by atoms with Gasteiger partial charge in [0, 0.05) is 0 Å². The molecular formula is C12H14N4O4S. The lowest BCUT2D eigenvalue weighted by molar-refractivity contribution is 0.0696. The summed E-state index contributed by atoms with van der Waals surface area (Å²) in [6, 6.07) is 3.33. The third kappa shape index (κ3) is 3.26. The highest BCUT2D eigenvalue weighted by Gasteiger charge is 2.21. The van der Waals surface area contributed by atoms with Crippen LogP contribution < -0.4 is 4.72 Å². The summed E-state index contributed by atoms with van der Waals surface area (Å²) in [4.78, 5) is 14.8. The average molecular weight is 310 g/mol. The predicted molar refractivity (Wildman–Crippen MR) is 73.3 cm³/mol. The zero-order valence-corrected chi connectivity index (χ0v) is 12.2. The number of aryl methyl sites for hydroxylation is 1. The first-order valence-electron chi connectivity index (χ1n) is 6.03. The van der Waals surface area contributed by atoms with Crippen molar-refractivity contribution in [2.45, 2.75) is 24.8 Å². The van der Waals surface area contributed by atoms with E-state index in [9.17, 15) is 13.2 Å². The van der Waals surface area contributed by atoms with Crippen molar-refractivity contribution in [2.24, 2.45) is 0 Å². The number of nitrogens with zero attached hydrogens (tertiary/aromatic N) is 2. The SMILES string of the molecule is Cc1ccc(S(=O)(=O)NC(C)c2ncn[nH]2)cc1C(=O)O. The molecule has 0 fully saturated rings. The van der Waals surface area contributed by atoms with Crippen molar-refractivity contribution >= 4 is 16.0 Å². The maximum absolute atomic E-state index is 12.3. The standard InChI is InChI=1S/C12H14N4O4S/c1-7-3-4-9(5-10(7)12(17)18)21(19,20)16-8(2)11-13-6-14-15-11/h3-6,8,16H,1-2H3,(H,17,18)(H,13,14,15). The Morgan fingerprint density at radius 2 is 2.14 bits per heavy atom. The summed E-state index contributed by atoms with van der Waals surface area (Å²) in [5.41, 5.74) is 0.440. The van der Waals surface area contributed by atoms with Crippen LogP contribution in [0.5, 0.6) is 0 Å². The van der Waals surface area contributed by atoms with Crippen molar-refractivity contribution in [1.82, 2.24) is 19.9 Å². The number of carboxylic acid groups (broad SMARTS) is 1. The topological polar surface area (TPSA) is 125 Å². The lowest BCUT2D eigenvalue weighted by Gasteiger charge is -2.12. The number of rotatable bonds is 5. The summed E-state index contributed by atoms with van der Waals surface area (Å²) >= 11 is 0. The van der Waals surface area contributed by atoms with Gasteiger partial charge in [-0.25, -0.2) is 22.9 Å². The fraction of sp³-hybridized carbons (Fsp3) is 0.250. The van der Waals surface area contributed by atoms with E-state index in [-0.39, 0.29) is 10.5 Å². The van der Waals surface area contributed by atoms with Crippen LogP contribution in [0.2, 0.25) is 0 Å². The van der Waals surface area contributed by atoms with Gasteiger partial charge < -0.3 is 5.11 Å². The predicted octanol–water partition coefficient (Wildman–Crippen LogP) is 0.851. The number of benzene rings is 1. The number of hydrogen-bond acceptors (Lipinski definition) is 5. The van der Waals surface area contributed by atoms with E-state index in [1.807, 2.05) is 0 Å². The molecule has 0 radical (unpaired) electrons. The van der Waals surface area contributed by atoms with E-state index in [4.69, 9.17) is 5.11 Å². The molecule has 1 atom stereocenters. The molecular weight excluding hydrogens is 296 g/mol. The molecule has 2 rings (SSSR count). The first kappa shape index (κ1) is 15.1. The van der Waals surface area contributed by atoms with Crippen LogP contribution in [0.4, 0.5) is 0 Å². The largest absolute Gasteiger partial charge is 0.478 e. The zero-order chi connectivity index (χ0) is 15.6. The number of nitrogens with one attached hydrogen (secondary N) is 2. The summed E-state index contributed by atoms with van der Waals surface area (Å²) in [6.07, 6.45) is 1.27. The molecule has 1 unspecified atom stereocenters. The Morgan fingerprint density at radius 1 is 1.43 bits per heavy atom. The Bertz CT molecular complexity index is 756. The molecule has 1 aromatic heterocycles. The summed E-state index contributed by atoms with van der Waals surface area (Å²) in [5.74, 6) is -0.808. The summed E-state index contributed by atoms with van der Waals surface area (Å²) < 4.78 is 26.9. The second-order valence-corrected chi connectivity index (χ2v) is 6.21. The quantitative estimate of drug-likeness (QED) is 0.752. The number of carbonyl (C=O) groups is 1. The normalized spacial score (nSPS) is 13.0. The van der Waals surface area contributed by atoms with Crippen LogP contribution in [0, 0.1) is 6.92 Å². The molecule has 0 aliphatic carbocycles. The highest BCUT2D eigenvalue weighted by molar-refractivity contribution is 7.89. The van der Waals surface area contributed by atoms with Gasteiger partial charge in [-0.2, -0.15) is 5.10 Å². The second-order valence-electron chi connectivity index (χ2n) is 4.50. The number of aromatic amines is 1. The Morgan fingerprint density at radius 3 is 2.71 bits per heavy atom. The number of carboxylic acids is 1. The first-order chi connectivity index (χ1) is 9.81. The summed E-state index contributed by atoms with van der Waals surface area (Å²) in [6.45, 7) is 3.20. The van der Waals surface area contributed by atoms with Crippen LogP contribution in [0.15, 0.2) is 29.4 Å².